The lowest BCUT2D eigenvalue weighted by atomic mass is 9.81. The van der Waals surface area contributed by atoms with Crippen LogP contribution >= 0.6 is 0 Å². The van der Waals surface area contributed by atoms with Gasteiger partial charge in [-0.3, -0.25) is 4.79 Å². The molecule has 0 N–H and O–H groups in total. The second kappa shape index (κ2) is 9.50. The summed E-state index contributed by atoms with van der Waals surface area (Å²) < 4.78 is 11.8. The molecule has 2 atom stereocenters. The van der Waals surface area contributed by atoms with Gasteiger partial charge in [0.25, 0.3) is 0 Å². The van der Waals surface area contributed by atoms with Crippen molar-refractivity contribution in [3.8, 4) is 0 Å². The second-order valence-corrected chi connectivity index (χ2v) is 8.41. The van der Waals surface area contributed by atoms with Gasteiger partial charge in [0.1, 0.15) is 5.60 Å². The Morgan fingerprint density at radius 1 is 1.08 bits per heavy atom. The molecule has 0 aromatic heterocycles. The summed E-state index contributed by atoms with van der Waals surface area (Å²) in [5.74, 6) is -0.720. The lowest BCUT2D eigenvalue weighted by Gasteiger charge is -2.37. The van der Waals surface area contributed by atoms with E-state index in [4.69, 9.17) is 9.16 Å². The average molecular weight is 368 g/mol. The molecule has 0 saturated carbocycles. The van der Waals surface area contributed by atoms with Crippen LogP contribution in [-0.4, -0.2) is 21.6 Å². The lowest BCUT2D eigenvalue weighted by molar-refractivity contribution is -0.153. The maximum absolute atomic E-state index is 12.6. The van der Waals surface area contributed by atoms with Crippen LogP contribution in [0.2, 0.25) is 13.1 Å². The van der Waals surface area contributed by atoms with Gasteiger partial charge in [-0.05, 0) is 44.1 Å². The lowest BCUT2D eigenvalue weighted by Crippen LogP contribution is -2.42. The summed E-state index contributed by atoms with van der Waals surface area (Å²) in [5.41, 5.74) is 1.16. The molecule has 0 aliphatic carbocycles. The largest absolute Gasteiger partial charge is 0.466 e. The number of benzene rings is 2. The zero-order valence-corrected chi connectivity index (χ0v) is 16.9. The number of hydrogen-bond donors (Lipinski definition) is 0. The number of rotatable bonds is 8. The van der Waals surface area contributed by atoms with E-state index in [1.165, 1.54) is 0 Å². The van der Waals surface area contributed by atoms with Gasteiger partial charge in [-0.25, -0.2) is 0 Å². The van der Waals surface area contributed by atoms with Gasteiger partial charge in [0.15, 0.2) is 0 Å². The van der Waals surface area contributed by atoms with Gasteiger partial charge in [0, 0.05) is 0 Å². The van der Waals surface area contributed by atoms with Crippen molar-refractivity contribution in [1.82, 2.24) is 0 Å². The van der Waals surface area contributed by atoms with Crippen molar-refractivity contribution in [3.05, 3.63) is 77.9 Å². The normalized spacial score (nSPS) is 15.0. The Labute approximate surface area is 158 Å². The Kier molecular flexibility index (Phi) is 7.36. The minimum absolute atomic E-state index is 0.252. The van der Waals surface area contributed by atoms with Gasteiger partial charge in [0.05, 0.1) is 12.5 Å². The number of carbonyl (C=O) groups excluding carboxylic acids is 1. The maximum atomic E-state index is 12.6. The molecule has 2 aromatic rings. The Morgan fingerprint density at radius 3 is 2.19 bits per heavy atom. The summed E-state index contributed by atoms with van der Waals surface area (Å²) >= 11 is 0. The van der Waals surface area contributed by atoms with E-state index in [0.29, 0.717) is 6.61 Å². The van der Waals surface area contributed by atoms with Crippen LogP contribution in [0.5, 0.6) is 0 Å². The molecular formula is C22H27O3Si. The number of esters is 1. The minimum Gasteiger partial charge on any atom is -0.466 e. The molecule has 0 amide bonds. The van der Waals surface area contributed by atoms with E-state index < -0.39 is 20.6 Å². The fourth-order valence-electron chi connectivity index (χ4n) is 2.93. The van der Waals surface area contributed by atoms with Gasteiger partial charge >= 0.3 is 5.97 Å². The van der Waals surface area contributed by atoms with Crippen molar-refractivity contribution in [1.29, 1.82) is 0 Å². The molecule has 26 heavy (non-hydrogen) atoms. The molecule has 2 unspecified atom stereocenters. The maximum Gasteiger partial charge on any atom is 0.312 e. The minimum atomic E-state index is -1.09. The van der Waals surface area contributed by atoms with Gasteiger partial charge in [0.2, 0.25) is 9.04 Å². The molecule has 0 aliphatic heterocycles. The highest BCUT2D eigenvalue weighted by atomic mass is 28.3. The van der Waals surface area contributed by atoms with E-state index in [1.54, 1.807) is 0 Å². The fourth-order valence-corrected chi connectivity index (χ4v) is 3.97. The van der Waals surface area contributed by atoms with E-state index in [9.17, 15) is 4.79 Å². The van der Waals surface area contributed by atoms with Crippen LogP contribution < -0.4 is 0 Å². The van der Waals surface area contributed by atoms with E-state index in [-0.39, 0.29) is 5.97 Å². The van der Waals surface area contributed by atoms with Crippen molar-refractivity contribution < 1.29 is 14.0 Å². The molecule has 2 aromatic carbocycles. The summed E-state index contributed by atoms with van der Waals surface area (Å²) in [4.78, 5) is 12.6. The number of ether oxygens (including phenoxy) is 1. The SMILES string of the molecule is CCOC(=O)C(C)C(/C=C/c1ccccc1)(O[Si](C)C)c1ccccc1. The molecule has 2 rings (SSSR count). The van der Waals surface area contributed by atoms with Crippen LogP contribution in [0.25, 0.3) is 6.08 Å². The first kappa shape index (κ1) is 20.1. The first-order valence-corrected chi connectivity index (χ1v) is 11.4. The molecule has 137 valence electrons. The Hall–Kier alpha value is -2.17. The molecule has 0 spiro atoms. The topological polar surface area (TPSA) is 35.5 Å². The molecule has 0 aliphatic rings. The van der Waals surface area contributed by atoms with Gasteiger partial charge in [-0.15, -0.1) is 0 Å². The van der Waals surface area contributed by atoms with E-state index in [1.807, 2.05) is 86.7 Å². The summed E-state index contributed by atoms with van der Waals surface area (Å²) in [6, 6.07) is 20.0. The monoisotopic (exact) mass is 367 g/mol. The van der Waals surface area contributed by atoms with Crippen molar-refractivity contribution in [3.63, 3.8) is 0 Å². The van der Waals surface area contributed by atoms with Crippen LogP contribution in [-0.2, 0) is 19.6 Å². The quantitative estimate of drug-likeness (QED) is 0.483. The van der Waals surface area contributed by atoms with Crippen LogP contribution in [0.1, 0.15) is 25.0 Å². The van der Waals surface area contributed by atoms with Crippen molar-refractivity contribution >= 4 is 21.1 Å². The zero-order chi connectivity index (χ0) is 19.0. The van der Waals surface area contributed by atoms with E-state index in [0.717, 1.165) is 11.1 Å². The van der Waals surface area contributed by atoms with Crippen LogP contribution in [0.3, 0.4) is 0 Å². The number of carbonyl (C=O) groups is 1. The number of hydrogen-bond acceptors (Lipinski definition) is 3. The summed E-state index contributed by atoms with van der Waals surface area (Å²) in [6.07, 6.45) is 4.03. The Bertz CT molecular complexity index is 713. The second-order valence-electron chi connectivity index (χ2n) is 6.39. The molecule has 1 radical (unpaired) electrons. The van der Waals surface area contributed by atoms with Crippen molar-refractivity contribution in [2.75, 3.05) is 6.61 Å². The van der Waals surface area contributed by atoms with Crippen molar-refractivity contribution in [2.24, 2.45) is 5.92 Å². The van der Waals surface area contributed by atoms with E-state index >= 15 is 0 Å². The molecule has 0 saturated heterocycles. The highest BCUT2D eigenvalue weighted by Crippen LogP contribution is 2.37. The molecule has 0 heterocycles. The zero-order valence-electron chi connectivity index (χ0n) is 15.9. The standard InChI is InChI=1S/C22H27O3Si/c1-5-24-21(23)18(2)22(25-26(3)4,20-14-10-7-11-15-20)17-16-19-12-8-6-9-13-19/h6-18H,5H2,1-4H3/b17-16+. The predicted molar refractivity (Wildman–Crippen MR) is 108 cm³/mol. The third-order valence-electron chi connectivity index (χ3n) is 4.20. The van der Waals surface area contributed by atoms with E-state index in [2.05, 4.69) is 13.1 Å². The fraction of sp³-hybridized carbons (Fsp3) is 0.318. The van der Waals surface area contributed by atoms with Gasteiger partial charge in [-0.2, -0.15) is 0 Å². The predicted octanol–water partition coefficient (Wildman–Crippen LogP) is 5.06. The highest BCUT2D eigenvalue weighted by Gasteiger charge is 2.42. The first-order valence-electron chi connectivity index (χ1n) is 8.95. The van der Waals surface area contributed by atoms with Gasteiger partial charge in [-0.1, -0.05) is 66.7 Å². The molecule has 0 bridgehead atoms. The molecule has 0 fully saturated rings. The summed E-state index contributed by atoms with van der Waals surface area (Å²) in [6.45, 7) is 8.22. The molecular weight excluding hydrogens is 340 g/mol. The Morgan fingerprint density at radius 2 is 1.65 bits per heavy atom. The van der Waals surface area contributed by atoms with Crippen LogP contribution in [0.15, 0.2) is 66.7 Å². The van der Waals surface area contributed by atoms with Crippen molar-refractivity contribution in [2.45, 2.75) is 32.5 Å². The molecule has 3 nitrogen and oxygen atoms in total. The van der Waals surface area contributed by atoms with Gasteiger partial charge < -0.3 is 9.16 Å². The third kappa shape index (κ3) is 4.93. The summed E-state index contributed by atoms with van der Waals surface area (Å²) in [5, 5.41) is 0. The highest BCUT2D eigenvalue weighted by molar-refractivity contribution is 6.48. The smallest absolute Gasteiger partial charge is 0.312 e. The summed E-state index contributed by atoms with van der Waals surface area (Å²) in [7, 11) is -1.09. The average Bonchev–Trinajstić information content (AvgIpc) is 2.66. The van der Waals surface area contributed by atoms with Crippen LogP contribution in [0, 0.1) is 5.92 Å². The first-order chi connectivity index (χ1) is 12.5. The molecule has 4 heteroatoms. The third-order valence-corrected chi connectivity index (χ3v) is 4.95. The Balaban J connectivity index is 2.55. The van der Waals surface area contributed by atoms with Crippen LogP contribution in [0.4, 0.5) is 0 Å².